The molecule has 8 rings (SSSR count). The van der Waals surface area contributed by atoms with Gasteiger partial charge in [0.15, 0.2) is 0 Å². The normalized spacial score (nSPS) is 13.8. The number of benzene rings is 4. The fraction of sp³-hybridized carbons (Fsp3) is 0.397. The van der Waals surface area contributed by atoms with Crippen LogP contribution in [0.25, 0.3) is 43.5 Å². The van der Waals surface area contributed by atoms with Crippen molar-refractivity contribution in [3.05, 3.63) is 118 Å². The molecule has 2 atom stereocenters. The van der Waals surface area contributed by atoms with Crippen molar-refractivity contribution in [3.63, 3.8) is 0 Å². The molecule has 0 spiro atoms. The number of carboxylic acid groups (broad SMARTS) is 1. The van der Waals surface area contributed by atoms with Gasteiger partial charge in [-0.1, -0.05) is 68.8 Å². The van der Waals surface area contributed by atoms with Gasteiger partial charge in [0, 0.05) is 42.3 Å². The monoisotopic (exact) mass is 1120 g/mol. The van der Waals surface area contributed by atoms with Crippen LogP contribution in [0.5, 0.6) is 11.8 Å². The number of thiazole rings is 1. The maximum atomic E-state index is 13.1. The standard InChI is InChI=1S/C35H37ClN4O9.C23H32N4O2S/c1-23-2-4-26(19-27(23)34(43)44)49-35-38-30-20-28(29(36)21-31(30)39-35)24-3-5-32-25(18-24)6-8-40(32)22-33(42)37-7-10-45-12-14-47-16-17-48-15-13-46-11-9-41;1-15-19(30-14-26-15)17-10-8-16(9-11-17)13-25-21(28)18-7-6-12-27(18)22(29)20(24-5)23(2,3)4/h2-6,8-9,18-21H,7,10-17,22H2,1H3,(H,37,42)(H,38,39)(H,43,44);8-11,14,18,20,24H,6-7,12-13H2,1-5H3,(H,25,28). The number of aromatic carboxylic acids is 1. The number of rotatable bonds is 26. The van der Waals surface area contributed by atoms with E-state index >= 15 is 0 Å². The van der Waals surface area contributed by atoms with Gasteiger partial charge in [-0.3, -0.25) is 14.4 Å². The highest BCUT2D eigenvalue weighted by molar-refractivity contribution is 7.13. The number of amides is 3. The summed E-state index contributed by atoms with van der Waals surface area (Å²) in [7, 11) is 1.80. The first kappa shape index (κ1) is 59.6. The Labute approximate surface area is 468 Å². The highest BCUT2D eigenvalue weighted by Crippen LogP contribution is 2.35. The minimum Gasteiger partial charge on any atom is -0.478 e. The summed E-state index contributed by atoms with van der Waals surface area (Å²) in [6.07, 6.45) is 4.13. The van der Waals surface area contributed by atoms with E-state index in [0.717, 1.165) is 45.3 Å². The van der Waals surface area contributed by atoms with Gasteiger partial charge in [-0.05, 0) is 104 Å². The van der Waals surface area contributed by atoms with E-state index in [1.807, 2.05) is 86.4 Å². The number of aromatic amines is 1. The molecule has 19 nitrogen and oxygen atoms in total. The van der Waals surface area contributed by atoms with Gasteiger partial charge in [-0.2, -0.15) is 4.98 Å². The summed E-state index contributed by atoms with van der Waals surface area (Å²) in [4.78, 5) is 75.0. The number of nitrogens with zero attached hydrogens (tertiary/aromatic N) is 4. The van der Waals surface area contributed by atoms with Crippen LogP contribution in [0, 0.1) is 19.3 Å². The Kier molecular flexibility index (Phi) is 21.7. The first-order valence-corrected chi connectivity index (χ1v) is 27.4. The summed E-state index contributed by atoms with van der Waals surface area (Å²) >= 11 is 8.32. The van der Waals surface area contributed by atoms with Crippen molar-refractivity contribution >= 4 is 74.9 Å². The lowest BCUT2D eigenvalue weighted by Gasteiger charge is -2.34. The Morgan fingerprint density at radius 1 is 0.886 bits per heavy atom. The molecule has 3 amide bonds. The molecule has 0 bridgehead atoms. The predicted octanol–water partition coefficient (Wildman–Crippen LogP) is 8.38. The molecule has 4 heterocycles. The van der Waals surface area contributed by atoms with E-state index in [4.69, 9.17) is 35.3 Å². The second kappa shape index (κ2) is 28.7. The lowest BCUT2D eigenvalue weighted by molar-refractivity contribution is -0.142. The van der Waals surface area contributed by atoms with Crippen LogP contribution in [0.15, 0.2) is 90.6 Å². The summed E-state index contributed by atoms with van der Waals surface area (Å²) in [5.74, 6) is -0.888. The van der Waals surface area contributed by atoms with Crippen LogP contribution in [-0.4, -0.2) is 145 Å². The number of ether oxygens (including phenoxy) is 5. The zero-order valence-corrected chi connectivity index (χ0v) is 47.0. The molecule has 0 radical (unpaired) electrons. The Hall–Kier alpha value is -7.04. The zero-order valence-electron chi connectivity index (χ0n) is 45.4. The molecule has 420 valence electrons. The van der Waals surface area contributed by atoms with Gasteiger partial charge >= 0.3 is 5.97 Å². The van der Waals surface area contributed by atoms with E-state index in [9.17, 15) is 29.1 Å². The van der Waals surface area contributed by atoms with Crippen LogP contribution in [0.1, 0.15) is 60.8 Å². The van der Waals surface area contributed by atoms with E-state index in [0.29, 0.717) is 106 Å². The summed E-state index contributed by atoms with van der Waals surface area (Å²) in [6.45, 7) is 14.3. The average molecular weight is 1120 g/mol. The van der Waals surface area contributed by atoms with Crippen molar-refractivity contribution in [2.45, 2.75) is 72.6 Å². The molecule has 2 unspecified atom stereocenters. The number of imidazole rings is 1. The number of aromatic nitrogens is 4. The van der Waals surface area contributed by atoms with Crippen LogP contribution < -0.4 is 20.7 Å². The topological polar surface area (TPSA) is 238 Å². The number of nitrogens with one attached hydrogen (secondary N) is 4. The van der Waals surface area contributed by atoms with Gasteiger partial charge in [0.2, 0.25) is 17.7 Å². The summed E-state index contributed by atoms with van der Waals surface area (Å²) in [6, 6.07) is 24.0. The Balaban J connectivity index is 0.000000257. The third kappa shape index (κ3) is 16.5. The van der Waals surface area contributed by atoms with Crippen molar-refractivity contribution in [3.8, 4) is 33.3 Å². The molecule has 7 aromatic rings. The molecular weight excluding hydrogens is 1050 g/mol. The van der Waals surface area contributed by atoms with Gasteiger partial charge in [-0.15, -0.1) is 11.3 Å². The Bertz CT molecular complexity index is 3190. The average Bonchev–Trinajstić information content (AvgIpc) is 4.33. The van der Waals surface area contributed by atoms with E-state index in [1.165, 1.54) is 10.9 Å². The number of halogens is 1. The fourth-order valence-electron chi connectivity index (χ4n) is 9.11. The minimum atomic E-state index is -1.03. The molecule has 1 aliphatic heterocycles. The fourth-order valence-corrected chi connectivity index (χ4v) is 10.2. The zero-order chi connectivity index (χ0) is 56.5. The van der Waals surface area contributed by atoms with Crippen molar-refractivity contribution in [2.75, 3.05) is 73.0 Å². The predicted molar refractivity (Wildman–Crippen MR) is 304 cm³/mol. The third-order valence-electron chi connectivity index (χ3n) is 13.1. The number of aryl methyl sites for hydroxylation is 2. The molecule has 3 aromatic heterocycles. The molecule has 0 saturated carbocycles. The third-order valence-corrected chi connectivity index (χ3v) is 14.4. The summed E-state index contributed by atoms with van der Waals surface area (Å²) in [5.41, 5.74) is 9.48. The van der Waals surface area contributed by atoms with Gasteiger partial charge in [0.25, 0.3) is 6.01 Å². The van der Waals surface area contributed by atoms with Crippen LogP contribution in [0.2, 0.25) is 5.02 Å². The second-order valence-corrected chi connectivity index (χ2v) is 21.1. The lowest BCUT2D eigenvalue weighted by Crippen LogP contribution is -2.55. The summed E-state index contributed by atoms with van der Waals surface area (Å²) in [5, 5.41) is 19.9. The number of likely N-dealkylation sites (N-methyl/N-ethyl adjacent to an activating group) is 1. The van der Waals surface area contributed by atoms with Crippen molar-refractivity contribution in [1.82, 2.24) is 40.4 Å². The quantitative estimate of drug-likeness (QED) is 0.0253. The second-order valence-electron chi connectivity index (χ2n) is 19.9. The largest absolute Gasteiger partial charge is 0.478 e. The molecule has 1 fully saturated rings. The first-order valence-electron chi connectivity index (χ1n) is 26.1. The highest BCUT2D eigenvalue weighted by atomic mass is 35.5. The maximum Gasteiger partial charge on any atom is 0.336 e. The number of H-pyrrole nitrogens is 1. The van der Waals surface area contributed by atoms with E-state index in [-0.39, 0.29) is 53.9 Å². The van der Waals surface area contributed by atoms with E-state index in [1.54, 1.807) is 48.4 Å². The van der Waals surface area contributed by atoms with Crippen LogP contribution in [0.3, 0.4) is 0 Å². The Morgan fingerprint density at radius 2 is 1.59 bits per heavy atom. The van der Waals surface area contributed by atoms with Crippen LogP contribution >= 0.6 is 22.9 Å². The number of hydrogen-bond donors (Lipinski definition) is 5. The number of likely N-dealkylation sites (tertiary alicyclic amines) is 1. The number of carbonyl (C=O) groups excluding carboxylic acids is 4. The number of carboxylic acids is 1. The SMILES string of the molecule is CNC(C(=O)N1CCCC1C(=O)NCc1ccc(-c2scnc2C)cc1)C(C)(C)C.Cc1ccc(Oc2nc3cc(-c4ccc5c(ccn5CC(=O)NCCOCCOCCOCCOCC=O)c4)c(Cl)cc3[nH]2)cc1C(=O)O. The molecule has 1 saturated heterocycles. The van der Waals surface area contributed by atoms with Crippen molar-refractivity contribution in [1.29, 1.82) is 0 Å². The molecule has 21 heteroatoms. The number of carbonyl (C=O) groups is 5. The Morgan fingerprint density at radius 3 is 2.27 bits per heavy atom. The first-order chi connectivity index (χ1) is 38.0. The molecule has 5 N–H and O–H groups in total. The smallest absolute Gasteiger partial charge is 0.336 e. The van der Waals surface area contributed by atoms with Crippen LogP contribution in [0.4, 0.5) is 0 Å². The summed E-state index contributed by atoms with van der Waals surface area (Å²) < 4.78 is 28.9. The van der Waals surface area contributed by atoms with E-state index in [2.05, 4.69) is 43.0 Å². The minimum absolute atomic E-state index is 0.00642. The van der Waals surface area contributed by atoms with Crippen molar-refractivity contribution < 1.29 is 52.8 Å². The maximum absolute atomic E-state index is 13.1. The molecule has 0 aliphatic carbocycles. The van der Waals surface area contributed by atoms with Gasteiger partial charge in [0.05, 0.1) is 90.0 Å². The van der Waals surface area contributed by atoms with E-state index < -0.39 is 12.0 Å². The number of aldehydes is 1. The highest BCUT2D eigenvalue weighted by Gasteiger charge is 2.40. The molecule has 1 aliphatic rings. The molecular formula is C58H69ClN8O11S. The van der Waals surface area contributed by atoms with Crippen LogP contribution in [-0.2, 0) is 51.2 Å². The lowest BCUT2D eigenvalue weighted by atomic mass is 9.86. The number of fused-ring (bicyclic) bond motifs is 2. The molecule has 4 aromatic carbocycles. The van der Waals surface area contributed by atoms with Gasteiger partial charge < -0.3 is 64.0 Å². The van der Waals surface area contributed by atoms with Crippen molar-refractivity contribution in [2.24, 2.45) is 5.41 Å². The number of hydrogen-bond acceptors (Lipinski definition) is 14. The van der Waals surface area contributed by atoms with Gasteiger partial charge in [-0.25, -0.2) is 9.78 Å². The van der Waals surface area contributed by atoms with Gasteiger partial charge in [0.1, 0.15) is 31.2 Å². The molecule has 79 heavy (non-hydrogen) atoms.